The summed E-state index contributed by atoms with van der Waals surface area (Å²) >= 11 is 0. The molecule has 1 heterocycles. The summed E-state index contributed by atoms with van der Waals surface area (Å²) < 4.78 is 19.1. The molecule has 18 heavy (non-hydrogen) atoms. The van der Waals surface area contributed by atoms with E-state index in [1.54, 1.807) is 18.5 Å². The Kier molecular flexibility index (Phi) is 4.25. The average Bonchev–Trinajstić information content (AvgIpc) is 2.39. The first kappa shape index (κ1) is 12.5. The summed E-state index contributed by atoms with van der Waals surface area (Å²) in [6, 6.07) is 8.69. The number of benzene rings is 1. The Hall–Kier alpha value is -1.94. The van der Waals surface area contributed by atoms with Gasteiger partial charge in [-0.1, -0.05) is 12.1 Å². The van der Waals surface area contributed by atoms with Gasteiger partial charge in [-0.15, -0.1) is 0 Å². The van der Waals surface area contributed by atoms with Crippen LogP contribution in [0.4, 0.5) is 4.39 Å². The van der Waals surface area contributed by atoms with Gasteiger partial charge in [-0.3, -0.25) is 4.98 Å². The Bertz CT molecular complexity index is 502. The van der Waals surface area contributed by atoms with Crippen LogP contribution < -0.4 is 10.1 Å². The first-order valence-electron chi connectivity index (χ1n) is 5.74. The molecule has 0 amide bonds. The standard InChI is InChI=1S/C14H15FN2O/c1-16-8-11-4-5-14(13(15)7-11)18-10-12-3-2-6-17-9-12/h2-7,9,16H,8,10H2,1H3. The molecule has 0 aliphatic carbocycles. The van der Waals surface area contributed by atoms with E-state index in [0.717, 1.165) is 11.1 Å². The zero-order valence-corrected chi connectivity index (χ0v) is 10.2. The maximum atomic E-state index is 13.7. The van der Waals surface area contributed by atoms with Crippen molar-refractivity contribution in [1.29, 1.82) is 0 Å². The lowest BCUT2D eigenvalue weighted by molar-refractivity contribution is 0.289. The topological polar surface area (TPSA) is 34.1 Å². The van der Waals surface area contributed by atoms with Gasteiger partial charge >= 0.3 is 0 Å². The van der Waals surface area contributed by atoms with Crippen molar-refractivity contribution in [2.45, 2.75) is 13.2 Å². The number of pyridine rings is 1. The van der Waals surface area contributed by atoms with Gasteiger partial charge in [0.05, 0.1) is 0 Å². The number of aromatic nitrogens is 1. The van der Waals surface area contributed by atoms with E-state index in [2.05, 4.69) is 10.3 Å². The van der Waals surface area contributed by atoms with E-state index in [1.165, 1.54) is 6.07 Å². The molecule has 2 aromatic rings. The van der Waals surface area contributed by atoms with Crippen molar-refractivity contribution >= 4 is 0 Å². The van der Waals surface area contributed by atoms with E-state index in [1.807, 2.05) is 25.2 Å². The molecule has 1 aromatic carbocycles. The molecule has 1 N–H and O–H groups in total. The zero-order valence-electron chi connectivity index (χ0n) is 10.2. The molecular formula is C14H15FN2O. The van der Waals surface area contributed by atoms with Gasteiger partial charge in [-0.05, 0) is 30.8 Å². The average molecular weight is 246 g/mol. The number of nitrogens with zero attached hydrogens (tertiary/aromatic N) is 1. The highest BCUT2D eigenvalue weighted by molar-refractivity contribution is 5.29. The Labute approximate surface area is 106 Å². The predicted molar refractivity (Wildman–Crippen MR) is 67.7 cm³/mol. The number of rotatable bonds is 5. The van der Waals surface area contributed by atoms with Gasteiger partial charge in [0, 0.05) is 24.5 Å². The molecule has 94 valence electrons. The van der Waals surface area contributed by atoms with Crippen LogP contribution >= 0.6 is 0 Å². The lowest BCUT2D eigenvalue weighted by Crippen LogP contribution is -2.05. The summed E-state index contributed by atoms with van der Waals surface area (Å²) in [6.07, 6.45) is 3.39. The van der Waals surface area contributed by atoms with Crippen LogP contribution in [0.3, 0.4) is 0 Å². The van der Waals surface area contributed by atoms with E-state index in [4.69, 9.17) is 4.74 Å². The molecule has 0 saturated heterocycles. The number of nitrogens with one attached hydrogen (secondary N) is 1. The normalized spacial score (nSPS) is 10.3. The summed E-state index contributed by atoms with van der Waals surface area (Å²) in [5.74, 6) is -0.0784. The van der Waals surface area contributed by atoms with Gasteiger partial charge in [-0.25, -0.2) is 4.39 Å². The third-order valence-corrected chi connectivity index (χ3v) is 2.49. The van der Waals surface area contributed by atoms with Crippen molar-refractivity contribution in [2.24, 2.45) is 0 Å². The van der Waals surface area contributed by atoms with Crippen molar-refractivity contribution in [3.63, 3.8) is 0 Å². The van der Waals surface area contributed by atoms with E-state index in [9.17, 15) is 4.39 Å². The van der Waals surface area contributed by atoms with E-state index < -0.39 is 0 Å². The molecule has 0 bridgehead atoms. The molecule has 4 heteroatoms. The van der Waals surface area contributed by atoms with Crippen LogP contribution in [0.1, 0.15) is 11.1 Å². The van der Waals surface area contributed by atoms with Crippen LogP contribution in [-0.4, -0.2) is 12.0 Å². The zero-order chi connectivity index (χ0) is 12.8. The van der Waals surface area contributed by atoms with Gasteiger partial charge in [-0.2, -0.15) is 0 Å². The molecule has 2 rings (SSSR count). The third kappa shape index (κ3) is 3.28. The molecule has 0 spiro atoms. The Morgan fingerprint density at radius 1 is 1.28 bits per heavy atom. The highest BCUT2D eigenvalue weighted by atomic mass is 19.1. The summed E-state index contributed by atoms with van der Waals surface area (Å²) in [5, 5.41) is 2.97. The number of ether oxygens (including phenoxy) is 1. The maximum Gasteiger partial charge on any atom is 0.165 e. The second-order valence-electron chi connectivity index (χ2n) is 3.95. The largest absolute Gasteiger partial charge is 0.486 e. The SMILES string of the molecule is CNCc1ccc(OCc2cccnc2)c(F)c1. The van der Waals surface area contributed by atoms with Crippen LogP contribution in [0.5, 0.6) is 5.75 Å². The molecule has 0 saturated carbocycles. The number of hydrogen-bond donors (Lipinski definition) is 1. The van der Waals surface area contributed by atoms with Crippen LogP contribution in [0.2, 0.25) is 0 Å². The minimum Gasteiger partial charge on any atom is -0.486 e. The quantitative estimate of drug-likeness (QED) is 0.880. The first-order chi connectivity index (χ1) is 8.79. The maximum absolute atomic E-state index is 13.7. The number of halogens is 1. The monoisotopic (exact) mass is 246 g/mol. The lowest BCUT2D eigenvalue weighted by atomic mass is 10.2. The van der Waals surface area contributed by atoms with Crippen molar-refractivity contribution in [3.8, 4) is 5.75 Å². The van der Waals surface area contributed by atoms with Gasteiger partial charge in [0.1, 0.15) is 6.61 Å². The van der Waals surface area contributed by atoms with Crippen molar-refractivity contribution in [3.05, 3.63) is 59.7 Å². The molecule has 0 atom stereocenters. The molecule has 0 aliphatic heterocycles. The van der Waals surface area contributed by atoms with E-state index >= 15 is 0 Å². The molecule has 0 unspecified atom stereocenters. The van der Waals surface area contributed by atoms with Gasteiger partial charge in [0.15, 0.2) is 11.6 Å². The molecule has 0 fully saturated rings. The van der Waals surface area contributed by atoms with Gasteiger partial charge in [0.25, 0.3) is 0 Å². The van der Waals surface area contributed by atoms with Crippen molar-refractivity contribution in [1.82, 2.24) is 10.3 Å². The minimum atomic E-state index is -0.341. The van der Waals surface area contributed by atoms with Gasteiger partial charge in [0.2, 0.25) is 0 Å². The Morgan fingerprint density at radius 2 is 2.17 bits per heavy atom. The summed E-state index contributed by atoms with van der Waals surface area (Å²) in [6.45, 7) is 0.954. The summed E-state index contributed by atoms with van der Waals surface area (Å²) in [5.41, 5.74) is 1.81. The highest BCUT2D eigenvalue weighted by Gasteiger charge is 2.04. The Balaban J connectivity index is 2.01. The molecule has 0 radical (unpaired) electrons. The predicted octanol–water partition coefficient (Wildman–Crippen LogP) is 2.52. The van der Waals surface area contributed by atoms with Crippen LogP contribution in [0.25, 0.3) is 0 Å². The first-order valence-corrected chi connectivity index (χ1v) is 5.74. The Morgan fingerprint density at radius 3 is 2.83 bits per heavy atom. The fourth-order valence-electron chi connectivity index (χ4n) is 1.62. The van der Waals surface area contributed by atoms with E-state index in [0.29, 0.717) is 13.2 Å². The third-order valence-electron chi connectivity index (χ3n) is 2.49. The smallest absolute Gasteiger partial charge is 0.165 e. The highest BCUT2D eigenvalue weighted by Crippen LogP contribution is 2.19. The molecule has 3 nitrogen and oxygen atoms in total. The van der Waals surface area contributed by atoms with Crippen molar-refractivity contribution in [2.75, 3.05) is 7.05 Å². The van der Waals surface area contributed by atoms with Crippen molar-refractivity contribution < 1.29 is 9.13 Å². The minimum absolute atomic E-state index is 0.263. The molecular weight excluding hydrogens is 231 g/mol. The fourth-order valence-corrected chi connectivity index (χ4v) is 1.62. The second kappa shape index (κ2) is 6.12. The summed E-state index contributed by atoms with van der Waals surface area (Å²) in [4.78, 5) is 3.98. The van der Waals surface area contributed by atoms with E-state index in [-0.39, 0.29) is 11.6 Å². The molecule has 1 aromatic heterocycles. The number of hydrogen-bond acceptors (Lipinski definition) is 3. The fraction of sp³-hybridized carbons (Fsp3) is 0.214. The summed E-state index contributed by atoms with van der Waals surface area (Å²) in [7, 11) is 1.82. The lowest BCUT2D eigenvalue weighted by Gasteiger charge is -2.08. The second-order valence-corrected chi connectivity index (χ2v) is 3.95. The van der Waals surface area contributed by atoms with Crippen LogP contribution in [0.15, 0.2) is 42.7 Å². The van der Waals surface area contributed by atoms with Crippen LogP contribution in [-0.2, 0) is 13.2 Å². The van der Waals surface area contributed by atoms with Crippen LogP contribution in [0, 0.1) is 5.82 Å². The molecule has 0 aliphatic rings. The van der Waals surface area contributed by atoms with Gasteiger partial charge < -0.3 is 10.1 Å².